The molecule has 1 atom stereocenters. The fourth-order valence-corrected chi connectivity index (χ4v) is 3.74. The number of carbonyl (C=O) groups excluding carboxylic acids is 1. The minimum atomic E-state index is -0.446. The standard InChI is InChI=1S/C25H26BrN3O4/c1-6-8-18-11-17(12-22(32-5)23(18)33-16(4)30)14-27-29-24(15(3)7-2)28-21-10-9-19(26)13-20(21)25(29)31/h6,9-15H,1,7-8H2,2-5H3/t15-/m1/s1. The average Bonchev–Trinajstić information content (AvgIpc) is 2.79. The van der Waals surface area contributed by atoms with Gasteiger partial charge in [0.25, 0.3) is 5.56 Å². The molecule has 0 aliphatic rings. The Labute approximate surface area is 200 Å². The molecular weight excluding hydrogens is 486 g/mol. The van der Waals surface area contributed by atoms with Crippen molar-refractivity contribution in [1.82, 2.24) is 9.66 Å². The molecule has 2 aromatic carbocycles. The minimum absolute atomic E-state index is 0.0279. The van der Waals surface area contributed by atoms with Crippen molar-refractivity contribution in [2.45, 2.75) is 39.5 Å². The van der Waals surface area contributed by atoms with Gasteiger partial charge in [-0.15, -0.1) is 6.58 Å². The van der Waals surface area contributed by atoms with Crippen LogP contribution < -0.4 is 15.0 Å². The van der Waals surface area contributed by atoms with Crippen LogP contribution in [-0.4, -0.2) is 29.0 Å². The second kappa shape index (κ2) is 10.6. The van der Waals surface area contributed by atoms with Gasteiger partial charge in [0.05, 0.1) is 24.2 Å². The summed E-state index contributed by atoms with van der Waals surface area (Å²) >= 11 is 3.42. The van der Waals surface area contributed by atoms with Crippen LogP contribution in [0.4, 0.5) is 0 Å². The van der Waals surface area contributed by atoms with Gasteiger partial charge >= 0.3 is 5.97 Å². The van der Waals surface area contributed by atoms with Crippen LogP contribution in [0.3, 0.4) is 0 Å². The highest BCUT2D eigenvalue weighted by Crippen LogP contribution is 2.33. The van der Waals surface area contributed by atoms with Crippen LogP contribution in [0.5, 0.6) is 11.5 Å². The van der Waals surface area contributed by atoms with E-state index in [9.17, 15) is 9.59 Å². The molecule has 7 nitrogen and oxygen atoms in total. The van der Waals surface area contributed by atoms with Gasteiger partial charge < -0.3 is 9.47 Å². The van der Waals surface area contributed by atoms with Gasteiger partial charge in [0, 0.05) is 22.9 Å². The average molecular weight is 512 g/mol. The zero-order chi connectivity index (χ0) is 24.1. The number of carbonyl (C=O) groups is 1. The van der Waals surface area contributed by atoms with E-state index in [1.54, 1.807) is 24.4 Å². The first-order chi connectivity index (χ1) is 15.8. The van der Waals surface area contributed by atoms with Crippen LogP contribution in [-0.2, 0) is 11.2 Å². The first kappa shape index (κ1) is 24.4. The van der Waals surface area contributed by atoms with Crippen LogP contribution in [0.2, 0.25) is 0 Å². The zero-order valence-electron chi connectivity index (χ0n) is 19.1. The smallest absolute Gasteiger partial charge is 0.308 e. The van der Waals surface area contributed by atoms with Gasteiger partial charge in [-0.1, -0.05) is 35.9 Å². The molecule has 0 fully saturated rings. The highest BCUT2D eigenvalue weighted by molar-refractivity contribution is 9.10. The van der Waals surface area contributed by atoms with Crippen molar-refractivity contribution in [1.29, 1.82) is 0 Å². The molecular formula is C25H26BrN3O4. The van der Waals surface area contributed by atoms with Crippen molar-refractivity contribution in [3.63, 3.8) is 0 Å². The number of fused-ring (bicyclic) bond motifs is 1. The molecule has 1 heterocycles. The zero-order valence-corrected chi connectivity index (χ0v) is 20.7. The van der Waals surface area contributed by atoms with E-state index in [0.717, 1.165) is 16.5 Å². The highest BCUT2D eigenvalue weighted by atomic mass is 79.9. The number of hydrogen-bond donors (Lipinski definition) is 0. The predicted molar refractivity (Wildman–Crippen MR) is 134 cm³/mol. The lowest BCUT2D eigenvalue weighted by atomic mass is 10.1. The Morgan fingerprint density at radius 2 is 2.09 bits per heavy atom. The third kappa shape index (κ3) is 5.39. The molecule has 0 radical (unpaired) electrons. The summed E-state index contributed by atoms with van der Waals surface area (Å²) in [5, 5.41) is 4.98. The summed E-state index contributed by atoms with van der Waals surface area (Å²) in [6, 6.07) is 8.95. The van der Waals surface area contributed by atoms with Gasteiger partial charge in [-0.25, -0.2) is 4.98 Å². The van der Waals surface area contributed by atoms with Crippen LogP contribution in [0.25, 0.3) is 10.9 Å². The highest BCUT2D eigenvalue weighted by Gasteiger charge is 2.17. The van der Waals surface area contributed by atoms with E-state index in [2.05, 4.69) is 27.6 Å². The number of halogens is 1. The molecule has 0 N–H and O–H groups in total. The van der Waals surface area contributed by atoms with Crippen LogP contribution >= 0.6 is 15.9 Å². The normalized spacial score (nSPS) is 12.2. The van der Waals surface area contributed by atoms with Gasteiger partial charge in [-0.05, 0) is 48.7 Å². The van der Waals surface area contributed by atoms with E-state index in [1.165, 1.54) is 18.7 Å². The van der Waals surface area contributed by atoms with Crippen molar-refractivity contribution in [2.75, 3.05) is 7.11 Å². The molecule has 0 saturated carbocycles. The summed E-state index contributed by atoms with van der Waals surface area (Å²) in [6.07, 6.45) is 4.55. The Balaban J connectivity index is 2.17. The number of allylic oxidation sites excluding steroid dienone is 1. The number of ether oxygens (including phenoxy) is 2. The van der Waals surface area contributed by atoms with Crippen LogP contribution in [0.1, 0.15) is 50.1 Å². The topological polar surface area (TPSA) is 82.8 Å². The summed E-state index contributed by atoms with van der Waals surface area (Å²) in [5.41, 5.74) is 1.78. The van der Waals surface area contributed by atoms with Gasteiger partial charge in [-0.2, -0.15) is 9.78 Å². The molecule has 0 spiro atoms. The molecule has 0 bridgehead atoms. The molecule has 3 aromatic rings. The largest absolute Gasteiger partial charge is 0.493 e. The number of rotatable bonds is 8. The Morgan fingerprint density at radius 3 is 2.73 bits per heavy atom. The van der Waals surface area contributed by atoms with Gasteiger partial charge in [0.15, 0.2) is 11.5 Å². The quantitative estimate of drug-likeness (QED) is 0.179. The van der Waals surface area contributed by atoms with Crippen molar-refractivity contribution < 1.29 is 14.3 Å². The van der Waals surface area contributed by atoms with Crippen molar-refractivity contribution in [3.05, 3.63) is 74.8 Å². The summed E-state index contributed by atoms with van der Waals surface area (Å²) in [7, 11) is 1.50. The fraction of sp³-hybridized carbons (Fsp3) is 0.280. The first-order valence-electron chi connectivity index (χ1n) is 10.6. The Bertz CT molecular complexity index is 1300. The monoisotopic (exact) mass is 511 g/mol. The number of nitrogens with zero attached hydrogens (tertiary/aromatic N) is 3. The lowest BCUT2D eigenvalue weighted by Crippen LogP contribution is -2.23. The predicted octanol–water partition coefficient (Wildman–Crippen LogP) is 5.22. The van der Waals surface area contributed by atoms with E-state index >= 15 is 0 Å². The SMILES string of the molecule is C=CCc1cc(C=Nn2c([C@H](C)CC)nc3ccc(Br)cc3c2=O)cc(OC)c1OC(C)=O. The number of aromatic nitrogens is 2. The maximum Gasteiger partial charge on any atom is 0.308 e. The van der Waals surface area contributed by atoms with Crippen molar-refractivity contribution in [3.8, 4) is 11.5 Å². The van der Waals surface area contributed by atoms with E-state index < -0.39 is 5.97 Å². The number of hydrogen-bond acceptors (Lipinski definition) is 6. The van der Waals surface area contributed by atoms with Crippen LogP contribution in [0.15, 0.2) is 57.4 Å². The molecule has 33 heavy (non-hydrogen) atoms. The third-order valence-electron chi connectivity index (χ3n) is 5.19. The van der Waals surface area contributed by atoms with E-state index in [1.807, 2.05) is 32.0 Å². The number of methoxy groups -OCH3 is 1. The molecule has 172 valence electrons. The molecule has 1 aromatic heterocycles. The second-order valence-electron chi connectivity index (χ2n) is 7.60. The molecule has 0 aliphatic carbocycles. The Morgan fingerprint density at radius 1 is 1.33 bits per heavy atom. The third-order valence-corrected chi connectivity index (χ3v) is 5.69. The van der Waals surface area contributed by atoms with Gasteiger partial charge in [-0.3, -0.25) is 9.59 Å². The molecule has 0 amide bonds. The maximum atomic E-state index is 13.3. The summed E-state index contributed by atoms with van der Waals surface area (Å²) in [5.74, 6) is 0.902. The summed E-state index contributed by atoms with van der Waals surface area (Å²) < 4.78 is 12.9. The molecule has 0 unspecified atom stereocenters. The van der Waals surface area contributed by atoms with E-state index in [-0.39, 0.29) is 11.5 Å². The molecule has 0 saturated heterocycles. The van der Waals surface area contributed by atoms with Crippen molar-refractivity contribution in [2.24, 2.45) is 5.10 Å². The lowest BCUT2D eigenvalue weighted by Gasteiger charge is -2.15. The Hall–Kier alpha value is -3.26. The molecule has 3 rings (SSSR count). The summed E-state index contributed by atoms with van der Waals surface area (Å²) in [6.45, 7) is 9.15. The van der Waals surface area contributed by atoms with Gasteiger partial charge in [0.1, 0.15) is 5.82 Å². The first-order valence-corrected chi connectivity index (χ1v) is 11.3. The van der Waals surface area contributed by atoms with E-state index in [0.29, 0.717) is 40.2 Å². The Kier molecular flexibility index (Phi) is 7.81. The number of benzene rings is 2. The van der Waals surface area contributed by atoms with Gasteiger partial charge in [0.2, 0.25) is 0 Å². The lowest BCUT2D eigenvalue weighted by molar-refractivity contribution is -0.132. The van der Waals surface area contributed by atoms with Crippen LogP contribution in [0, 0.1) is 0 Å². The summed E-state index contributed by atoms with van der Waals surface area (Å²) in [4.78, 5) is 29.6. The molecule has 8 heteroatoms. The second-order valence-corrected chi connectivity index (χ2v) is 8.52. The minimum Gasteiger partial charge on any atom is -0.493 e. The van der Waals surface area contributed by atoms with E-state index in [4.69, 9.17) is 14.5 Å². The maximum absolute atomic E-state index is 13.3. The number of esters is 1. The molecule has 0 aliphatic heterocycles. The fourth-order valence-electron chi connectivity index (χ4n) is 3.38. The van der Waals surface area contributed by atoms with Crippen molar-refractivity contribution >= 4 is 39.0 Å².